The molecule has 0 fully saturated rings. The molecule has 0 bridgehead atoms. The van der Waals surface area contributed by atoms with Gasteiger partial charge >= 0.3 is 6.18 Å². The van der Waals surface area contributed by atoms with E-state index in [-0.39, 0.29) is 5.56 Å². The van der Waals surface area contributed by atoms with Crippen molar-refractivity contribution in [2.45, 2.75) is 13.1 Å². The molecule has 0 saturated heterocycles. The zero-order valence-corrected chi connectivity index (χ0v) is 11.5. The molecule has 1 N–H and O–H groups in total. The number of hydrogen-bond donors (Lipinski definition) is 1. The highest BCUT2D eigenvalue weighted by Crippen LogP contribution is 2.33. The summed E-state index contributed by atoms with van der Waals surface area (Å²) in [5, 5.41) is 18.0. The van der Waals surface area contributed by atoms with Crippen LogP contribution >= 0.6 is 0 Å². The van der Waals surface area contributed by atoms with Gasteiger partial charge < -0.3 is 5.11 Å². The summed E-state index contributed by atoms with van der Waals surface area (Å²) in [6, 6.07) is 9.72. The van der Waals surface area contributed by atoms with E-state index in [9.17, 15) is 18.3 Å². The maximum atomic E-state index is 12.9. The molecule has 0 spiro atoms. The lowest BCUT2D eigenvalue weighted by Gasteiger charge is -2.09. The fraction of sp³-hybridized carbons (Fsp3) is 0.118. The van der Waals surface area contributed by atoms with Gasteiger partial charge in [-0.25, -0.2) is 0 Å². The average molecular weight is 301 g/mol. The van der Waals surface area contributed by atoms with Crippen molar-refractivity contribution in [3.8, 4) is 23.7 Å². The second-order valence-electron chi connectivity index (χ2n) is 4.62. The highest BCUT2D eigenvalue weighted by molar-refractivity contribution is 5.51. The number of alkyl halides is 3. The molecule has 2 aromatic rings. The molecule has 0 aliphatic heterocycles. The summed E-state index contributed by atoms with van der Waals surface area (Å²) in [4.78, 5) is 0. The molecule has 2 nitrogen and oxygen atoms in total. The highest BCUT2D eigenvalue weighted by Gasteiger charge is 2.33. The zero-order valence-electron chi connectivity index (χ0n) is 11.5. The van der Waals surface area contributed by atoms with Gasteiger partial charge in [0.15, 0.2) is 0 Å². The molecule has 0 aromatic heterocycles. The standard InChI is InChI=1S/C17H10F3NO/c1-11-8-12(3-5-14(11)10-21)2-4-13-6-7-15(22)9-16(13)17(18,19)20/h3,5-9,22H,1H3. The van der Waals surface area contributed by atoms with Crippen molar-refractivity contribution in [1.82, 2.24) is 0 Å². The van der Waals surface area contributed by atoms with Gasteiger partial charge in [-0.15, -0.1) is 0 Å². The van der Waals surface area contributed by atoms with Gasteiger partial charge in [0.05, 0.1) is 17.2 Å². The first-order chi connectivity index (χ1) is 10.3. The van der Waals surface area contributed by atoms with Crippen LogP contribution in [0.3, 0.4) is 0 Å². The Morgan fingerprint density at radius 1 is 1.00 bits per heavy atom. The normalized spacial score (nSPS) is 10.5. The summed E-state index contributed by atoms with van der Waals surface area (Å²) >= 11 is 0. The van der Waals surface area contributed by atoms with Crippen LogP contribution in [0, 0.1) is 30.1 Å². The van der Waals surface area contributed by atoms with E-state index in [4.69, 9.17) is 5.26 Å². The number of rotatable bonds is 0. The summed E-state index contributed by atoms with van der Waals surface area (Å²) < 4.78 is 38.7. The smallest absolute Gasteiger partial charge is 0.417 e. The highest BCUT2D eigenvalue weighted by atomic mass is 19.4. The third-order valence-corrected chi connectivity index (χ3v) is 3.00. The summed E-state index contributed by atoms with van der Waals surface area (Å²) in [5.74, 6) is 4.64. The summed E-state index contributed by atoms with van der Waals surface area (Å²) in [5.41, 5.74) is 0.512. The molecular formula is C17H10F3NO. The molecule has 2 rings (SSSR count). The second-order valence-corrected chi connectivity index (χ2v) is 4.62. The fourth-order valence-corrected chi connectivity index (χ4v) is 1.88. The molecule has 0 aliphatic rings. The van der Waals surface area contributed by atoms with Crippen LogP contribution in [0.4, 0.5) is 13.2 Å². The van der Waals surface area contributed by atoms with Crippen molar-refractivity contribution in [3.63, 3.8) is 0 Å². The van der Waals surface area contributed by atoms with Gasteiger partial charge in [-0.2, -0.15) is 18.4 Å². The van der Waals surface area contributed by atoms with Crippen LogP contribution in [0.2, 0.25) is 0 Å². The number of aryl methyl sites for hydroxylation is 1. The van der Waals surface area contributed by atoms with Gasteiger partial charge in [-0.05, 0) is 48.9 Å². The number of hydrogen-bond acceptors (Lipinski definition) is 2. The van der Waals surface area contributed by atoms with Gasteiger partial charge in [0.2, 0.25) is 0 Å². The molecule has 5 heteroatoms. The summed E-state index contributed by atoms with van der Waals surface area (Å²) in [7, 11) is 0. The van der Waals surface area contributed by atoms with Crippen molar-refractivity contribution < 1.29 is 18.3 Å². The number of phenolic OH excluding ortho intramolecular Hbond substituents is 1. The number of halogens is 3. The van der Waals surface area contributed by atoms with Crippen LogP contribution in [0.25, 0.3) is 0 Å². The van der Waals surface area contributed by atoms with E-state index in [1.165, 1.54) is 0 Å². The lowest BCUT2D eigenvalue weighted by molar-refractivity contribution is -0.137. The summed E-state index contributed by atoms with van der Waals surface area (Å²) in [6.07, 6.45) is -4.59. The number of phenols is 1. The molecule has 0 saturated carbocycles. The Morgan fingerprint density at radius 3 is 2.27 bits per heavy atom. The molecule has 0 unspecified atom stereocenters. The van der Waals surface area contributed by atoms with E-state index in [1.807, 2.05) is 6.07 Å². The maximum absolute atomic E-state index is 12.9. The van der Waals surface area contributed by atoms with E-state index in [1.54, 1.807) is 25.1 Å². The number of aromatic hydroxyl groups is 1. The van der Waals surface area contributed by atoms with Crippen molar-refractivity contribution in [2.24, 2.45) is 0 Å². The Kier molecular flexibility index (Phi) is 4.10. The van der Waals surface area contributed by atoms with E-state index in [2.05, 4.69) is 11.8 Å². The SMILES string of the molecule is Cc1cc(C#Cc2ccc(O)cc2C(F)(F)F)ccc1C#N. The topological polar surface area (TPSA) is 44.0 Å². The Morgan fingerprint density at radius 2 is 1.68 bits per heavy atom. The van der Waals surface area contributed by atoms with E-state index < -0.39 is 17.5 Å². The quantitative estimate of drug-likeness (QED) is 0.748. The summed E-state index contributed by atoms with van der Waals surface area (Å²) in [6.45, 7) is 1.73. The first-order valence-electron chi connectivity index (χ1n) is 6.24. The van der Waals surface area contributed by atoms with E-state index in [0.29, 0.717) is 22.8 Å². The zero-order chi connectivity index (χ0) is 16.3. The minimum atomic E-state index is -4.59. The van der Waals surface area contributed by atoms with Crippen LogP contribution in [-0.2, 0) is 6.18 Å². The third-order valence-electron chi connectivity index (χ3n) is 3.00. The Labute approximate surface area is 125 Å². The van der Waals surface area contributed by atoms with Crippen molar-refractivity contribution in [3.05, 3.63) is 64.2 Å². The number of benzene rings is 2. The fourth-order valence-electron chi connectivity index (χ4n) is 1.88. The van der Waals surface area contributed by atoms with Crippen LogP contribution in [0.5, 0.6) is 5.75 Å². The van der Waals surface area contributed by atoms with Crippen LogP contribution < -0.4 is 0 Å². The molecule has 110 valence electrons. The third kappa shape index (κ3) is 3.39. The van der Waals surface area contributed by atoms with Crippen LogP contribution in [0.1, 0.15) is 27.8 Å². The molecule has 0 aliphatic carbocycles. The van der Waals surface area contributed by atoms with Crippen LogP contribution in [-0.4, -0.2) is 5.11 Å². The van der Waals surface area contributed by atoms with Crippen molar-refractivity contribution in [2.75, 3.05) is 0 Å². The van der Waals surface area contributed by atoms with E-state index in [0.717, 1.165) is 12.1 Å². The Hall–Kier alpha value is -2.92. The molecule has 0 amide bonds. The predicted molar refractivity (Wildman–Crippen MR) is 75.0 cm³/mol. The number of nitrogens with zero attached hydrogens (tertiary/aromatic N) is 1. The van der Waals surface area contributed by atoms with Crippen molar-refractivity contribution >= 4 is 0 Å². The van der Waals surface area contributed by atoms with E-state index >= 15 is 0 Å². The Bertz CT molecular complexity index is 821. The van der Waals surface area contributed by atoms with Gasteiger partial charge in [-0.3, -0.25) is 0 Å². The first-order valence-corrected chi connectivity index (χ1v) is 6.24. The second kappa shape index (κ2) is 5.83. The largest absolute Gasteiger partial charge is 0.508 e. The van der Waals surface area contributed by atoms with Gasteiger partial charge in [0, 0.05) is 11.1 Å². The molecule has 0 atom stereocenters. The molecule has 0 radical (unpaired) electrons. The van der Waals surface area contributed by atoms with Crippen molar-refractivity contribution in [1.29, 1.82) is 5.26 Å². The monoisotopic (exact) mass is 301 g/mol. The van der Waals surface area contributed by atoms with Crippen LogP contribution in [0.15, 0.2) is 36.4 Å². The lowest BCUT2D eigenvalue weighted by atomic mass is 10.0. The van der Waals surface area contributed by atoms with Gasteiger partial charge in [0.1, 0.15) is 5.75 Å². The predicted octanol–water partition coefficient (Wildman–Crippen LogP) is 3.99. The Balaban J connectivity index is 2.45. The van der Waals surface area contributed by atoms with Gasteiger partial charge in [-0.1, -0.05) is 11.8 Å². The molecular weight excluding hydrogens is 291 g/mol. The van der Waals surface area contributed by atoms with Gasteiger partial charge in [0.25, 0.3) is 0 Å². The molecule has 22 heavy (non-hydrogen) atoms. The minimum absolute atomic E-state index is 0.215. The number of nitriles is 1. The minimum Gasteiger partial charge on any atom is -0.508 e. The molecule has 0 heterocycles. The maximum Gasteiger partial charge on any atom is 0.417 e. The molecule has 2 aromatic carbocycles. The first kappa shape index (κ1) is 15.5. The lowest BCUT2D eigenvalue weighted by Crippen LogP contribution is -2.07. The average Bonchev–Trinajstić information content (AvgIpc) is 2.45.